The van der Waals surface area contributed by atoms with Crippen molar-refractivity contribution in [2.75, 3.05) is 5.32 Å². The summed E-state index contributed by atoms with van der Waals surface area (Å²) in [5.41, 5.74) is 1.44. The summed E-state index contributed by atoms with van der Waals surface area (Å²) in [5.74, 6) is -0.00449. The van der Waals surface area contributed by atoms with Crippen LogP contribution in [0.1, 0.15) is 25.8 Å². The monoisotopic (exact) mass is 207 g/mol. The highest BCUT2D eigenvalue weighted by Crippen LogP contribution is 2.16. The van der Waals surface area contributed by atoms with Gasteiger partial charge in [-0.3, -0.25) is 4.79 Å². The smallest absolute Gasteiger partial charge is 0.227 e. The molecule has 1 aromatic carbocycles. The van der Waals surface area contributed by atoms with Gasteiger partial charge in [0.2, 0.25) is 5.91 Å². The molecule has 3 heteroatoms. The van der Waals surface area contributed by atoms with Gasteiger partial charge in [-0.1, -0.05) is 32.0 Å². The number of para-hydroxylation sites is 1. The second-order valence-electron chi connectivity index (χ2n) is 3.61. The molecule has 2 N–H and O–H groups in total. The van der Waals surface area contributed by atoms with Crippen molar-refractivity contribution < 1.29 is 9.90 Å². The molecule has 1 unspecified atom stereocenters. The number of hydrogen-bond acceptors (Lipinski definition) is 2. The molecule has 0 aliphatic rings. The van der Waals surface area contributed by atoms with Crippen LogP contribution < -0.4 is 5.32 Å². The standard InChI is InChI=1S/C12H17NO2/c1-3-9(2)12(15)13-11-7-5-4-6-10(11)8-14/h4-7,9,14H,3,8H2,1-2H3,(H,13,15). The highest BCUT2D eigenvalue weighted by Gasteiger charge is 2.11. The molecule has 0 aliphatic carbocycles. The van der Waals surface area contributed by atoms with Crippen LogP contribution in [-0.4, -0.2) is 11.0 Å². The molecule has 0 aliphatic heterocycles. The van der Waals surface area contributed by atoms with Gasteiger partial charge in [-0.05, 0) is 12.5 Å². The summed E-state index contributed by atoms with van der Waals surface area (Å²) >= 11 is 0. The normalized spacial score (nSPS) is 12.2. The second kappa shape index (κ2) is 5.51. The van der Waals surface area contributed by atoms with Gasteiger partial charge in [0.15, 0.2) is 0 Å². The van der Waals surface area contributed by atoms with Gasteiger partial charge >= 0.3 is 0 Å². The summed E-state index contributed by atoms with van der Waals surface area (Å²) in [6.45, 7) is 3.80. The molecule has 82 valence electrons. The van der Waals surface area contributed by atoms with E-state index in [2.05, 4.69) is 5.32 Å². The number of anilines is 1. The van der Waals surface area contributed by atoms with Crippen LogP contribution in [0.4, 0.5) is 5.69 Å². The molecule has 0 fully saturated rings. The van der Waals surface area contributed by atoms with E-state index in [9.17, 15) is 4.79 Å². The lowest BCUT2D eigenvalue weighted by Crippen LogP contribution is -2.20. The van der Waals surface area contributed by atoms with Crippen LogP contribution in [0.2, 0.25) is 0 Å². The number of rotatable bonds is 4. The first kappa shape index (κ1) is 11.7. The van der Waals surface area contributed by atoms with E-state index in [1.54, 1.807) is 12.1 Å². The minimum Gasteiger partial charge on any atom is -0.392 e. The number of aliphatic hydroxyl groups excluding tert-OH is 1. The zero-order valence-corrected chi connectivity index (χ0v) is 9.16. The van der Waals surface area contributed by atoms with Gasteiger partial charge in [0, 0.05) is 17.2 Å². The van der Waals surface area contributed by atoms with Crippen molar-refractivity contribution in [3.8, 4) is 0 Å². The molecule has 0 bridgehead atoms. The Kier molecular flexibility index (Phi) is 4.31. The van der Waals surface area contributed by atoms with E-state index in [1.807, 2.05) is 26.0 Å². The fraction of sp³-hybridized carbons (Fsp3) is 0.417. The molecule has 15 heavy (non-hydrogen) atoms. The van der Waals surface area contributed by atoms with Crippen LogP contribution in [-0.2, 0) is 11.4 Å². The quantitative estimate of drug-likeness (QED) is 0.794. The minimum absolute atomic E-state index is 0.00148. The summed E-state index contributed by atoms with van der Waals surface area (Å²) in [7, 11) is 0. The Balaban J connectivity index is 2.76. The van der Waals surface area contributed by atoms with Gasteiger partial charge in [-0.25, -0.2) is 0 Å². The largest absolute Gasteiger partial charge is 0.392 e. The van der Waals surface area contributed by atoms with E-state index in [4.69, 9.17) is 5.11 Å². The zero-order valence-electron chi connectivity index (χ0n) is 9.16. The Hall–Kier alpha value is -1.35. The molecule has 0 aromatic heterocycles. The summed E-state index contributed by atoms with van der Waals surface area (Å²) < 4.78 is 0. The topological polar surface area (TPSA) is 49.3 Å². The van der Waals surface area contributed by atoms with Gasteiger partial charge < -0.3 is 10.4 Å². The number of benzene rings is 1. The Bertz CT molecular complexity index is 336. The highest BCUT2D eigenvalue weighted by atomic mass is 16.3. The van der Waals surface area contributed by atoms with Gasteiger partial charge in [-0.15, -0.1) is 0 Å². The molecule has 0 heterocycles. The van der Waals surface area contributed by atoms with Crippen molar-refractivity contribution in [3.63, 3.8) is 0 Å². The van der Waals surface area contributed by atoms with Crippen molar-refractivity contribution in [1.82, 2.24) is 0 Å². The molecule has 0 radical (unpaired) electrons. The van der Waals surface area contributed by atoms with Crippen molar-refractivity contribution in [2.45, 2.75) is 26.9 Å². The first-order valence-electron chi connectivity index (χ1n) is 5.18. The van der Waals surface area contributed by atoms with Gasteiger partial charge in [0.05, 0.1) is 6.61 Å². The lowest BCUT2D eigenvalue weighted by atomic mass is 10.1. The summed E-state index contributed by atoms with van der Waals surface area (Å²) in [6, 6.07) is 7.27. The third kappa shape index (κ3) is 3.06. The first-order chi connectivity index (χ1) is 7.19. The fourth-order valence-corrected chi connectivity index (χ4v) is 1.22. The van der Waals surface area contributed by atoms with Gasteiger partial charge in [0.25, 0.3) is 0 Å². The Morgan fingerprint density at radius 1 is 1.47 bits per heavy atom. The Morgan fingerprint density at radius 3 is 2.73 bits per heavy atom. The molecule has 3 nitrogen and oxygen atoms in total. The lowest BCUT2D eigenvalue weighted by Gasteiger charge is -2.12. The van der Waals surface area contributed by atoms with Crippen molar-refractivity contribution in [2.24, 2.45) is 5.92 Å². The number of carbonyl (C=O) groups excluding carboxylic acids is 1. The first-order valence-corrected chi connectivity index (χ1v) is 5.18. The van der Waals surface area contributed by atoms with E-state index < -0.39 is 0 Å². The molecule has 1 rings (SSSR count). The molecule has 1 aromatic rings. The van der Waals surface area contributed by atoms with Gasteiger partial charge in [0.1, 0.15) is 0 Å². The number of aliphatic hydroxyl groups is 1. The molecule has 0 spiro atoms. The SMILES string of the molecule is CCC(C)C(=O)Nc1ccccc1CO. The molecular formula is C12H17NO2. The van der Waals surface area contributed by atoms with E-state index in [1.165, 1.54) is 0 Å². The minimum atomic E-state index is -0.0586. The van der Waals surface area contributed by atoms with E-state index in [0.717, 1.165) is 12.0 Å². The van der Waals surface area contributed by atoms with E-state index in [-0.39, 0.29) is 18.4 Å². The van der Waals surface area contributed by atoms with Crippen LogP contribution in [0.15, 0.2) is 24.3 Å². The number of amides is 1. The van der Waals surface area contributed by atoms with Gasteiger partial charge in [-0.2, -0.15) is 0 Å². The van der Waals surface area contributed by atoms with E-state index >= 15 is 0 Å². The zero-order chi connectivity index (χ0) is 11.3. The third-order valence-corrected chi connectivity index (χ3v) is 2.51. The van der Waals surface area contributed by atoms with Crippen molar-refractivity contribution in [1.29, 1.82) is 0 Å². The highest BCUT2D eigenvalue weighted by molar-refractivity contribution is 5.92. The predicted octanol–water partition coefficient (Wildman–Crippen LogP) is 2.16. The van der Waals surface area contributed by atoms with Crippen LogP contribution in [0.3, 0.4) is 0 Å². The lowest BCUT2D eigenvalue weighted by molar-refractivity contribution is -0.119. The summed E-state index contributed by atoms with van der Waals surface area (Å²) in [5, 5.41) is 11.9. The number of nitrogens with one attached hydrogen (secondary N) is 1. The Labute approximate surface area is 90.1 Å². The van der Waals surface area contributed by atoms with Crippen LogP contribution >= 0.6 is 0 Å². The average molecular weight is 207 g/mol. The maximum Gasteiger partial charge on any atom is 0.227 e. The molecular weight excluding hydrogens is 190 g/mol. The molecule has 1 atom stereocenters. The molecule has 1 amide bonds. The molecule has 0 saturated heterocycles. The van der Waals surface area contributed by atoms with E-state index in [0.29, 0.717) is 5.69 Å². The predicted molar refractivity (Wildman–Crippen MR) is 60.4 cm³/mol. The van der Waals surface area contributed by atoms with Crippen LogP contribution in [0.5, 0.6) is 0 Å². The molecule has 0 saturated carbocycles. The maximum atomic E-state index is 11.6. The van der Waals surface area contributed by atoms with Crippen molar-refractivity contribution >= 4 is 11.6 Å². The second-order valence-corrected chi connectivity index (χ2v) is 3.61. The van der Waals surface area contributed by atoms with Crippen molar-refractivity contribution in [3.05, 3.63) is 29.8 Å². The Morgan fingerprint density at radius 2 is 2.13 bits per heavy atom. The number of carbonyl (C=O) groups is 1. The third-order valence-electron chi connectivity index (χ3n) is 2.51. The number of hydrogen-bond donors (Lipinski definition) is 2. The average Bonchev–Trinajstić information content (AvgIpc) is 2.28. The fourth-order valence-electron chi connectivity index (χ4n) is 1.22. The maximum absolute atomic E-state index is 11.6. The summed E-state index contributed by atoms with van der Waals surface area (Å²) in [6.07, 6.45) is 0.813. The summed E-state index contributed by atoms with van der Waals surface area (Å²) in [4.78, 5) is 11.6. The van der Waals surface area contributed by atoms with Crippen LogP contribution in [0.25, 0.3) is 0 Å². The van der Waals surface area contributed by atoms with Crippen LogP contribution in [0, 0.1) is 5.92 Å².